The maximum absolute atomic E-state index is 5.31. The Morgan fingerprint density at radius 3 is 2.72 bits per heavy atom. The number of benzene rings is 1. The highest BCUT2D eigenvalue weighted by atomic mass is 16.5. The Hall–Kier alpha value is -3.55. The summed E-state index contributed by atoms with van der Waals surface area (Å²) in [6.07, 6.45) is 3.32. The quantitative estimate of drug-likeness (QED) is 0.553. The van der Waals surface area contributed by atoms with E-state index in [-0.39, 0.29) is 0 Å². The largest absolute Gasteiger partial charge is 0.497 e. The minimum absolute atomic E-state index is 0.361. The highest BCUT2D eigenvalue weighted by molar-refractivity contribution is 5.54. The number of ether oxygens (including phenoxy) is 1. The van der Waals surface area contributed by atoms with Crippen LogP contribution in [0.1, 0.15) is 5.82 Å². The normalized spacial score (nSPS) is 10.8. The maximum Gasteiger partial charge on any atom is 0.257 e. The van der Waals surface area contributed by atoms with Gasteiger partial charge >= 0.3 is 0 Å². The average molecular weight is 334 g/mol. The third-order valence-electron chi connectivity index (χ3n) is 3.54. The summed E-state index contributed by atoms with van der Waals surface area (Å²) in [6.45, 7) is 0.361. The van der Waals surface area contributed by atoms with Gasteiger partial charge in [-0.1, -0.05) is 11.2 Å². The van der Waals surface area contributed by atoms with Gasteiger partial charge in [-0.05, 0) is 36.4 Å². The van der Waals surface area contributed by atoms with Crippen LogP contribution in [0.25, 0.3) is 23.0 Å². The van der Waals surface area contributed by atoms with Crippen LogP contribution in [0, 0.1) is 0 Å². The molecule has 0 aliphatic carbocycles. The zero-order valence-electron chi connectivity index (χ0n) is 13.4. The first-order valence-corrected chi connectivity index (χ1v) is 7.60. The van der Waals surface area contributed by atoms with E-state index in [1.807, 2.05) is 42.5 Å². The number of aromatic nitrogens is 6. The highest BCUT2D eigenvalue weighted by Gasteiger charge is 2.11. The van der Waals surface area contributed by atoms with E-state index >= 15 is 0 Å². The van der Waals surface area contributed by atoms with E-state index in [2.05, 4.69) is 25.2 Å². The van der Waals surface area contributed by atoms with Crippen LogP contribution in [-0.4, -0.2) is 37.0 Å². The Bertz CT molecular complexity index is 962. The molecule has 0 spiro atoms. The number of rotatable bonds is 5. The van der Waals surface area contributed by atoms with Gasteiger partial charge in [0.05, 0.1) is 7.11 Å². The van der Waals surface area contributed by atoms with Crippen molar-refractivity contribution in [3.8, 4) is 28.7 Å². The second kappa shape index (κ2) is 6.52. The first kappa shape index (κ1) is 15.0. The van der Waals surface area contributed by atoms with E-state index in [9.17, 15) is 0 Å². The predicted octanol–water partition coefficient (Wildman–Crippen LogP) is 2.45. The Labute approximate surface area is 143 Å². The summed E-state index contributed by atoms with van der Waals surface area (Å²) in [6, 6.07) is 13.0. The van der Waals surface area contributed by atoms with Gasteiger partial charge in [0.1, 0.15) is 24.3 Å². The van der Waals surface area contributed by atoms with Crippen LogP contribution >= 0.6 is 0 Å². The average Bonchev–Trinajstić information content (AvgIpc) is 3.33. The van der Waals surface area contributed by atoms with Gasteiger partial charge < -0.3 is 9.26 Å². The molecule has 0 radical (unpaired) electrons. The van der Waals surface area contributed by atoms with E-state index in [1.54, 1.807) is 24.3 Å². The zero-order chi connectivity index (χ0) is 17.1. The lowest BCUT2D eigenvalue weighted by Gasteiger charge is -1.98. The summed E-state index contributed by atoms with van der Waals surface area (Å²) in [5.74, 6) is 2.29. The van der Waals surface area contributed by atoms with E-state index in [4.69, 9.17) is 9.26 Å². The van der Waals surface area contributed by atoms with Crippen molar-refractivity contribution in [1.82, 2.24) is 29.9 Å². The minimum atomic E-state index is 0.361. The summed E-state index contributed by atoms with van der Waals surface area (Å²) in [5, 5.41) is 8.38. The van der Waals surface area contributed by atoms with Gasteiger partial charge in [-0.3, -0.25) is 4.98 Å². The third-order valence-corrected chi connectivity index (χ3v) is 3.54. The molecule has 0 saturated heterocycles. The van der Waals surface area contributed by atoms with E-state index < -0.39 is 0 Å². The molecule has 3 heterocycles. The molecule has 0 aliphatic heterocycles. The summed E-state index contributed by atoms with van der Waals surface area (Å²) in [4.78, 5) is 12.9. The van der Waals surface area contributed by atoms with Crippen LogP contribution in [-0.2, 0) is 6.54 Å². The molecule has 8 nitrogen and oxygen atoms in total. The molecule has 0 bridgehead atoms. The number of nitrogens with zero attached hydrogens (tertiary/aromatic N) is 6. The minimum Gasteiger partial charge on any atom is -0.497 e. The fraction of sp³-hybridized carbons (Fsp3) is 0.118. The van der Waals surface area contributed by atoms with Gasteiger partial charge in [0.2, 0.25) is 0 Å². The molecule has 0 aliphatic rings. The van der Waals surface area contributed by atoms with Crippen molar-refractivity contribution in [1.29, 1.82) is 0 Å². The molecule has 8 heteroatoms. The van der Waals surface area contributed by atoms with Crippen molar-refractivity contribution in [2.24, 2.45) is 0 Å². The van der Waals surface area contributed by atoms with Crippen molar-refractivity contribution in [3.05, 3.63) is 60.8 Å². The Kier molecular flexibility index (Phi) is 3.91. The van der Waals surface area contributed by atoms with Crippen molar-refractivity contribution in [3.63, 3.8) is 0 Å². The lowest BCUT2D eigenvalue weighted by molar-refractivity contribution is 0.413. The number of pyridine rings is 1. The summed E-state index contributed by atoms with van der Waals surface area (Å²) in [5.41, 5.74) is 1.54. The molecule has 3 aromatic heterocycles. The monoisotopic (exact) mass is 334 g/mol. The number of hydrogen-bond donors (Lipinski definition) is 0. The van der Waals surface area contributed by atoms with Crippen LogP contribution in [0.4, 0.5) is 0 Å². The molecule has 0 unspecified atom stereocenters. The van der Waals surface area contributed by atoms with Crippen LogP contribution in [0.3, 0.4) is 0 Å². The van der Waals surface area contributed by atoms with E-state index in [1.165, 1.54) is 0 Å². The summed E-state index contributed by atoms with van der Waals surface area (Å²) >= 11 is 0. The van der Waals surface area contributed by atoms with Gasteiger partial charge in [0, 0.05) is 11.8 Å². The lowest BCUT2D eigenvalue weighted by Crippen LogP contribution is -2.02. The van der Waals surface area contributed by atoms with Crippen molar-refractivity contribution in [2.45, 2.75) is 6.54 Å². The van der Waals surface area contributed by atoms with E-state index in [0.29, 0.717) is 29.8 Å². The van der Waals surface area contributed by atoms with Crippen molar-refractivity contribution in [2.75, 3.05) is 7.11 Å². The molecule has 25 heavy (non-hydrogen) atoms. The van der Waals surface area contributed by atoms with Crippen LogP contribution < -0.4 is 4.74 Å². The Morgan fingerprint density at radius 2 is 1.96 bits per heavy atom. The molecule has 0 amide bonds. The van der Waals surface area contributed by atoms with Gasteiger partial charge in [-0.2, -0.15) is 4.98 Å². The number of hydrogen-bond acceptors (Lipinski definition) is 7. The molecule has 0 atom stereocenters. The molecular formula is C17H14N6O2. The predicted molar refractivity (Wildman–Crippen MR) is 88.6 cm³/mol. The van der Waals surface area contributed by atoms with Crippen LogP contribution in [0.5, 0.6) is 5.75 Å². The topological polar surface area (TPSA) is 91.8 Å². The van der Waals surface area contributed by atoms with Gasteiger partial charge in [0.25, 0.3) is 5.89 Å². The number of methoxy groups -OCH3 is 1. The fourth-order valence-electron chi connectivity index (χ4n) is 2.30. The molecule has 0 fully saturated rings. The molecular weight excluding hydrogens is 320 g/mol. The highest BCUT2D eigenvalue weighted by Crippen LogP contribution is 2.20. The fourth-order valence-corrected chi connectivity index (χ4v) is 2.30. The zero-order valence-corrected chi connectivity index (χ0v) is 13.4. The molecule has 124 valence electrons. The first-order chi connectivity index (χ1) is 12.3. The molecule has 4 rings (SSSR count). The van der Waals surface area contributed by atoms with Gasteiger partial charge in [-0.25, -0.2) is 9.67 Å². The lowest BCUT2D eigenvalue weighted by atomic mass is 10.2. The molecule has 0 N–H and O–H groups in total. The van der Waals surface area contributed by atoms with Crippen LogP contribution in [0.15, 0.2) is 59.5 Å². The first-order valence-electron chi connectivity index (χ1n) is 7.60. The van der Waals surface area contributed by atoms with Crippen molar-refractivity contribution < 1.29 is 9.26 Å². The standard InChI is InChI=1S/C17H14N6O2/c1-24-13-7-5-12(6-8-13)17-20-15(22-25-17)10-23-11-19-16(21-23)14-4-2-3-9-18-14/h2-9,11H,10H2,1H3. The molecule has 1 aromatic carbocycles. The molecule has 4 aromatic rings. The second-order valence-corrected chi connectivity index (χ2v) is 5.22. The van der Waals surface area contributed by atoms with Crippen molar-refractivity contribution >= 4 is 0 Å². The Morgan fingerprint density at radius 1 is 1.08 bits per heavy atom. The second-order valence-electron chi connectivity index (χ2n) is 5.22. The summed E-state index contributed by atoms with van der Waals surface area (Å²) < 4.78 is 12.1. The SMILES string of the molecule is COc1ccc(-c2nc(Cn3cnc(-c4ccccn4)n3)no2)cc1. The maximum atomic E-state index is 5.31. The smallest absolute Gasteiger partial charge is 0.257 e. The third kappa shape index (κ3) is 3.23. The van der Waals surface area contributed by atoms with Crippen LogP contribution in [0.2, 0.25) is 0 Å². The van der Waals surface area contributed by atoms with Gasteiger partial charge in [0.15, 0.2) is 11.6 Å². The molecule has 0 saturated carbocycles. The van der Waals surface area contributed by atoms with Gasteiger partial charge in [-0.15, -0.1) is 5.10 Å². The Balaban J connectivity index is 1.50. The summed E-state index contributed by atoms with van der Waals surface area (Å²) in [7, 11) is 1.62. The van der Waals surface area contributed by atoms with E-state index in [0.717, 1.165) is 11.3 Å².